The van der Waals surface area contributed by atoms with Crippen molar-refractivity contribution >= 4 is 0 Å². The summed E-state index contributed by atoms with van der Waals surface area (Å²) < 4.78 is 4.93. The first-order chi connectivity index (χ1) is 8.24. The number of rotatable bonds is 5. The third-order valence-corrected chi connectivity index (χ3v) is 3.37. The molecule has 1 N–H and O–H groups in total. The molecule has 0 saturated carbocycles. The Morgan fingerprint density at radius 2 is 2.18 bits per heavy atom. The van der Waals surface area contributed by atoms with E-state index < -0.39 is 0 Å². The Morgan fingerprint density at radius 1 is 1.41 bits per heavy atom. The summed E-state index contributed by atoms with van der Waals surface area (Å²) in [6, 6.07) is 0. The van der Waals surface area contributed by atoms with Gasteiger partial charge in [0.2, 0.25) is 5.89 Å². The van der Waals surface area contributed by atoms with Crippen LogP contribution >= 0.6 is 0 Å². The summed E-state index contributed by atoms with van der Waals surface area (Å²) in [4.78, 5) is 6.58. The Hall–Kier alpha value is -0.940. The van der Waals surface area contributed by atoms with Gasteiger partial charge in [-0.2, -0.15) is 4.98 Å². The SMILES string of the molecule is Cc1nc(CCNCC2CCN(C)CC2)no1. The summed E-state index contributed by atoms with van der Waals surface area (Å²) in [7, 11) is 2.20. The van der Waals surface area contributed by atoms with Gasteiger partial charge in [0.1, 0.15) is 0 Å². The van der Waals surface area contributed by atoms with E-state index in [0.717, 1.165) is 31.3 Å². The van der Waals surface area contributed by atoms with Crippen LogP contribution < -0.4 is 5.32 Å². The highest BCUT2D eigenvalue weighted by atomic mass is 16.5. The second-order valence-electron chi connectivity index (χ2n) is 4.93. The van der Waals surface area contributed by atoms with Crippen molar-refractivity contribution in [3.63, 3.8) is 0 Å². The third kappa shape index (κ3) is 4.09. The van der Waals surface area contributed by atoms with E-state index in [0.29, 0.717) is 5.89 Å². The van der Waals surface area contributed by atoms with Crippen LogP contribution in [-0.4, -0.2) is 48.3 Å². The summed E-state index contributed by atoms with van der Waals surface area (Å²) in [5.41, 5.74) is 0. The Balaban J connectivity index is 1.57. The molecule has 0 unspecified atom stereocenters. The highest BCUT2D eigenvalue weighted by Gasteiger charge is 2.15. The predicted molar refractivity (Wildman–Crippen MR) is 65.8 cm³/mol. The molecule has 1 aliphatic heterocycles. The van der Waals surface area contributed by atoms with Crippen LogP contribution in [0.2, 0.25) is 0 Å². The number of hydrogen-bond donors (Lipinski definition) is 1. The molecule has 1 fully saturated rings. The van der Waals surface area contributed by atoms with Crippen LogP contribution in [0.4, 0.5) is 0 Å². The normalized spacial score (nSPS) is 18.7. The molecule has 1 aromatic rings. The molecule has 0 amide bonds. The Bertz CT molecular complexity index is 331. The zero-order valence-electron chi connectivity index (χ0n) is 10.8. The fourth-order valence-electron chi connectivity index (χ4n) is 2.22. The molecule has 1 saturated heterocycles. The number of nitrogens with zero attached hydrogens (tertiary/aromatic N) is 3. The highest BCUT2D eigenvalue weighted by molar-refractivity contribution is 4.84. The van der Waals surface area contributed by atoms with Gasteiger partial charge in [-0.25, -0.2) is 0 Å². The molecule has 0 aliphatic carbocycles. The number of nitrogens with one attached hydrogen (secondary N) is 1. The average molecular weight is 238 g/mol. The highest BCUT2D eigenvalue weighted by Crippen LogP contribution is 2.14. The Labute approximate surface area is 103 Å². The van der Waals surface area contributed by atoms with Crippen LogP contribution in [0.3, 0.4) is 0 Å². The van der Waals surface area contributed by atoms with Crippen LogP contribution in [0, 0.1) is 12.8 Å². The minimum absolute atomic E-state index is 0.648. The molecule has 96 valence electrons. The van der Waals surface area contributed by atoms with Gasteiger partial charge in [-0.15, -0.1) is 0 Å². The van der Waals surface area contributed by atoms with Crippen molar-refractivity contribution in [3.8, 4) is 0 Å². The van der Waals surface area contributed by atoms with E-state index in [1.807, 2.05) is 6.92 Å². The quantitative estimate of drug-likeness (QED) is 0.771. The molecule has 2 rings (SSSR count). The lowest BCUT2D eigenvalue weighted by Gasteiger charge is -2.28. The Morgan fingerprint density at radius 3 is 2.82 bits per heavy atom. The fourth-order valence-corrected chi connectivity index (χ4v) is 2.22. The summed E-state index contributed by atoms with van der Waals surface area (Å²) >= 11 is 0. The maximum absolute atomic E-state index is 4.93. The van der Waals surface area contributed by atoms with Crippen LogP contribution in [0.25, 0.3) is 0 Å². The lowest BCUT2D eigenvalue weighted by molar-refractivity contribution is 0.216. The van der Waals surface area contributed by atoms with Crippen molar-refractivity contribution in [1.29, 1.82) is 0 Å². The lowest BCUT2D eigenvalue weighted by atomic mass is 9.97. The lowest BCUT2D eigenvalue weighted by Crippen LogP contribution is -2.35. The molecule has 0 atom stereocenters. The predicted octanol–water partition coefficient (Wildman–Crippen LogP) is 0.852. The first-order valence-electron chi connectivity index (χ1n) is 6.42. The molecule has 0 radical (unpaired) electrons. The number of hydrogen-bond acceptors (Lipinski definition) is 5. The van der Waals surface area contributed by atoms with Gasteiger partial charge >= 0.3 is 0 Å². The molecule has 0 spiro atoms. The van der Waals surface area contributed by atoms with E-state index in [9.17, 15) is 0 Å². The molecule has 2 heterocycles. The summed E-state index contributed by atoms with van der Waals surface area (Å²) in [6.45, 7) is 6.34. The summed E-state index contributed by atoms with van der Waals surface area (Å²) in [6.07, 6.45) is 3.47. The topological polar surface area (TPSA) is 54.2 Å². The third-order valence-electron chi connectivity index (χ3n) is 3.37. The molecule has 0 aromatic carbocycles. The van der Waals surface area contributed by atoms with E-state index in [1.54, 1.807) is 0 Å². The van der Waals surface area contributed by atoms with Crippen molar-refractivity contribution in [2.24, 2.45) is 5.92 Å². The molecule has 1 aliphatic rings. The van der Waals surface area contributed by atoms with Crippen LogP contribution in [-0.2, 0) is 6.42 Å². The Kier molecular flexibility index (Phi) is 4.50. The van der Waals surface area contributed by atoms with E-state index in [-0.39, 0.29) is 0 Å². The first-order valence-corrected chi connectivity index (χ1v) is 6.42. The van der Waals surface area contributed by atoms with Crippen LogP contribution in [0.1, 0.15) is 24.6 Å². The van der Waals surface area contributed by atoms with E-state index in [2.05, 4.69) is 27.4 Å². The monoisotopic (exact) mass is 238 g/mol. The van der Waals surface area contributed by atoms with Crippen LogP contribution in [0.5, 0.6) is 0 Å². The largest absolute Gasteiger partial charge is 0.340 e. The van der Waals surface area contributed by atoms with Gasteiger partial charge in [0.15, 0.2) is 5.82 Å². The zero-order chi connectivity index (χ0) is 12.1. The molecular weight excluding hydrogens is 216 g/mol. The second-order valence-corrected chi connectivity index (χ2v) is 4.93. The van der Waals surface area contributed by atoms with Gasteiger partial charge in [-0.1, -0.05) is 5.16 Å². The molecule has 17 heavy (non-hydrogen) atoms. The fraction of sp³-hybridized carbons (Fsp3) is 0.833. The number of aromatic nitrogens is 2. The maximum atomic E-state index is 4.93. The maximum Gasteiger partial charge on any atom is 0.223 e. The number of likely N-dealkylation sites (tertiary alicyclic amines) is 1. The van der Waals surface area contributed by atoms with Crippen molar-refractivity contribution in [2.75, 3.05) is 33.2 Å². The molecular formula is C12H22N4O. The minimum atomic E-state index is 0.648. The molecule has 5 nitrogen and oxygen atoms in total. The van der Waals surface area contributed by atoms with Crippen molar-refractivity contribution in [1.82, 2.24) is 20.4 Å². The summed E-state index contributed by atoms with van der Waals surface area (Å²) in [5.74, 6) is 2.28. The standard InChI is InChI=1S/C12H22N4O/c1-10-14-12(15-17-10)3-6-13-9-11-4-7-16(2)8-5-11/h11,13H,3-9H2,1-2H3. The average Bonchev–Trinajstić information content (AvgIpc) is 2.73. The van der Waals surface area contributed by atoms with Gasteiger partial charge < -0.3 is 14.7 Å². The summed E-state index contributed by atoms with van der Waals surface area (Å²) in [5, 5.41) is 7.36. The van der Waals surface area contributed by atoms with Crippen molar-refractivity contribution < 1.29 is 4.52 Å². The minimum Gasteiger partial charge on any atom is -0.340 e. The first kappa shape index (κ1) is 12.5. The number of piperidine rings is 1. The van der Waals surface area contributed by atoms with Gasteiger partial charge in [0, 0.05) is 19.9 Å². The van der Waals surface area contributed by atoms with Crippen molar-refractivity contribution in [3.05, 3.63) is 11.7 Å². The van der Waals surface area contributed by atoms with Gasteiger partial charge in [-0.05, 0) is 45.4 Å². The van der Waals surface area contributed by atoms with E-state index >= 15 is 0 Å². The smallest absolute Gasteiger partial charge is 0.223 e. The molecule has 5 heteroatoms. The van der Waals surface area contributed by atoms with Crippen LogP contribution in [0.15, 0.2) is 4.52 Å². The second kappa shape index (κ2) is 6.12. The van der Waals surface area contributed by atoms with Gasteiger partial charge in [0.25, 0.3) is 0 Å². The van der Waals surface area contributed by atoms with E-state index in [4.69, 9.17) is 4.52 Å². The van der Waals surface area contributed by atoms with Gasteiger partial charge in [0.05, 0.1) is 0 Å². The molecule has 0 bridgehead atoms. The van der Waals surface area contributed by atoms with Crippen molar-refractivity contribution in [2.45, 2.75) is 26.2 Å². The molecule has 1 aromatic heterocycles. The van der Waals surface area contributed by atoms with E-state index in [1.165, 1.54) is 25.9 Å². The van der Waals surface area contributed by atoms with Gasteiger partial charge in [-0.3, -0.25) is 0 Å². The number of aryl methyl sites for hydroxylation is 1. The zero-order valence-corrected chi connectivity index (χ0v) is 10.8.